The standard InChI is InChI=1S/C17H24O2S/c1-2-13-20-16-12-8-4-7-11-15(16)19-17(18)14-9-5-3-6-10-14/h3,5-6,9-10,15-16H,2,4,7-8,11-13H2,1H3/t15-,16-/m1/s1. The summed E-state index contributed by atoms with van der Waals surface area (Å²) in [6.07, 6.45) is 7.17. The van der Waals surface area contributed by atoms with Crippen LogP contribution >= 0.6 is 11.8 Å². The van der Waals surface area contributed by atoms with Crippen molar-refractivity contribution >= 4 is 17.7 Å². The van der Waals surface area contributed by atoms with E-state index in [4.69, 9.17) is 4.74 Å². The number of benzene rings is 1. The minimum atomic E-state index is -0.167. The molecule has 0 aliphatic heterocycles. The first-order chi connectivity index (χ1) is 9.81. The Morgan fingerprint density at radius 3 is 2.70 bits per heavy atom. The molecule has 0 N–H and O–H groups in total. The molecule has 3 heteroatoms. The maximum Gasteiger partial charge on any atom is 0.338 e. The molecular formula is C17H24O2S. The van der Waals surface area contributed by atoms with Gasteiger partial charge in [0.2, 0.25) is 0 Å². The van der Waals surface area contributed by atoms with Crippen LogP contribution in [0.4, 0.5) is 0 Å². The van der Waals surface area contributed by atoms with Gasteiger partial charge in [-0.3, -0.25) is 0 Å². The maximum atomic E-state index is 12.2. The number of esters is 1. The van der Waals surface area contributed by atoms with Crippen LogP contribution in [-0.2, 0) is 4.74 Å². The Balaban J connectivity index is 1.98. The quantitative estimate of drug-likeness (QED) is 0.582. The molecule has 1 aromatic rings. The second kappa shape index (κ2) is 8.35. The molecule has 0 spiro atoms. The fourth-order valence-electron chi connectivity index (χ4n) is 2.61. The fourth-order valence-corrected chi connectivity index (χ4v) is 3.89. The lowest BCUT2D eigenvalue weighted by Crippen LogP contribution is -2.28. The number of hydrogen-bond donors (Lipinski definition) is 0. The molecule has 20 heavy (non-hydrogen) atoms. The van der Waals surface area contributed by atoms with E-state index in [9.17, 15) is 4.79 Å². The van der Waals surface area contributed by atoms with Gasteiger partial charge in [-0.25, -0.2) is 4.79 Å². The molecule has 1 aliphatic rings. The number of carbonyl (C=O) groups is 1. The van der Waals surface area contributed by atoms with E-state index in [0.717, 1.165) is 12.2 Å². The average Bonchev–Trinajstić information content (AvgIpc) is 2.71. The Bertz CT molecular complexity index is 405. The van der Waals surface area contributed by atoms with Crippen LogP contribution in [0.3, 0.4) is 0 Å². The highest BCUT2D eigenvalue weighted by molar-refractivity contribution is 7.99. The van der Waals surface area contributed by atoms with Gasteiger partial charge in [-0.05, 0) is 43.6 Å². The molecule has 0 radical (unpaired) electrons. The topological polar surface area (TPSA) is 26.3 Å². The van der Waals surface area contributed by atoms with Crippen LogP contribution in [0.15, 0.2) is 30.3 Å². The summed E-state index contributed by atoms with van der Waals surface area (Å²) in [6.45, 7) is 2.20. The molecule has 2 nitrogen and oxygen atoms in total. The van der Waals surface area contributed by atoms with E-state index < -0.39 is 0 Å². The molecule has 0 amide bonds. The highest BCUT2D eigenvalue weighted by Crippen LogP contribution is 2.30. The molecule has 1 aliphatic carbocycles. The number of ether oxygens (including phenoxy) is 1. The first-order valence-corrected chi connectivity index (χ1v) is 8.73. The number of thioether (sulfide) groups is 1. The monoisotopic (exact) mass is 292 g/mol. The van der Waals surface area contributed by atoms with Crippen molar-refractivity contribution in [3.05, 3.63) is 35.9 Å². The van der Waals surface area contributed by atoms with Crippen LogP contribution in [-0.4, -0.2) is 23.1 Å². The van der Waals surface area contributed by atoms with Gasteiger partial charge in [0.05, 0.1) is 5.56 Å². The molecular weight excluding hydrogens is 268 g/mol. The van der Waals surface area contributed by atoms with Crippen molar-refractivity contribution < 1.29 is 9.53 Å². The number of carbonyl (C=O) groups excluding carboxylic acids is 1. The molecule has 0 unspecified atom stereocenters. The Hall–Kier alpha value is -0.960. The maximum absolute atomic E-state index is 12.2. The van der Waals surface area contributed by atoms with Crippen LogP contribution in [0, 0.1) is 0 Å². The van der Waals surface area contributed by atoms with Gasteiger partial charge in [0.15, 0.2) is 0 Å². The van der Waals surface area contributed by atoms with Crippen LogP contribution in [0.1, 0.15) is 55.8 Å². The van der Waals surface area contributed by atoms with Crippen molar-refractivity contribution in [3.8, 4) is 0 Å². The molecule has 2 atom stereocenters. The van der Waals surface area contributed by atoms with Gasteiger partial charge in [0.1, 0.15) is 6.10 Å². The molecule has 1 aromatic carbocycles. The Morgan fingerprint density at radius 2 is 1.95 bits per heavy atom. The van der Waals surface area contributed by atoms with Crippen LogP contribution in [0.2, 0.25) is 0 Å². The van der Waals surface area contributed by atoms with E-state index in [0.29, 0.717) is 10.8 Å². The van der Waals surface area contributed by atoms with Crippen molar-refractivity contribution in [2.24, 2.45) is 0 Å². The van der Waals surface area contributed by atoms with Crippen LogP contribution in [0.5, 0.6) is 0 Å². The van der Waals surface area contributed by atoms with E-state index >= 15 is 0 Å². The van der Waals surface area contributed by atoms with E-state index in [2.05, 4.69) is 6.92 Å². The van der Waals surface area contributed by atoms with E-state index in [1.165, 1.54) is 32.1 Å². The van der Waals surface area contributed by atoms with Crippen LogP contribution in [0.25, 0.3) is 0 Å². The second-order valence-electron chi connectivity index (χ2n) is 5.36. The molecule has 1 fully saturated rings. The third-order valence-electron chi connectivity index (χ3n) is 3.70. The van der Waals surface area contributed by atoms with Crippen molar-refractivity contribution in [1.29, 1.82) is 0 Å². The SMILES string of the molecule is CCCS[C@@H]1CCCCC[C@H]1OC(=O)c1ccccc1. The van der Waals surface area contributed by atoms with Gasteiger partial charge >= 0.3 is 5.97 Å². The average molecular weight is 292 g/mol. The van der Waals surface area contributed by atoms with E-state index in [1.807, 2.05) is 42.1 Å². The summed E-state index contributed by atoms with van der Waals surface area (Å²) in [5.74, 6) is 0.990. The normalized spacial score (nSPS) is 23.1. The van der Waals surface area contributed by atoms with Crippen molar-refractivity contribution in [2.45, 2.75) is 56.8 Å². The summed E-state index contributed by atoms with van der Waals surface area (Å²) in [7, 11) is 0. The van der Waals surface area contributed by atoms with Crippen LogP contribution < -0.4 is 0 Å². The lowest BCUT2D eigenvalue weighted by molar-refractivity contribution is 0.0281. The van der Waals surface area contributed by atoms with Crippen molar-refractivity contribution in [1.82, 2.24) is 0 Å². The zero-order valence-corrected chi connectivity index (χ0v) is 13.0. The number of hydrogen-bond acceptors (Lipinski definition) is 3. The van der Waals surface area contributed by atoms with Gasteiger partial charge in [-0.2, -0.15) is 11.8 Å². The van der Waals surface area contributed by atoms with E-state index in [1.54, 1.807) is 0 Å². The first kappa shape index (κ1) is 15.4. The van der Waals surface area contributed by atoms with Crippen molar-refractivity contribution in [2.75, 3.05) is 5.75 Å². The smallest absolute Gasteiger partial charge is 0.338 e. The molecule has 2 rings (SSSR count). The molecule has 110 valence electrons. The number of rotatable bonds is 5. The van der Waals surface area contributed by atoms with Gasteiger partial charge in [0.25, 0.3) is 0 Å². The summed E-state index contributed by atoms with van der Waals surface area (Å²) >= 11 is 1.98. The Morgan fingerprint density at radius 1 is 1.20 bits per heavy atom. The highest BCUT2D eigenvalue weighted by atomic mass is 32.2. The minimum Gasteiger partial charge on any atom is -0.458 e. The molecule has 0 heterocycles. The lowest BCUT2D eigenvalue weighted by atomic mass is 10.1. The van der Waals surface area contributed by atoms with Crippen molar-refractivity contribution in [3.63, 3.8) is 0 Å². The Kier molecular flexibility index (Phi) is 6.44. The largest absolute Gasteiger partial charge is 0.458 e. The van der Waals surface area contributed by atoms with E-state index in [-0.39, 0.29) is 12.1 Å². The third-order valence-corrected chi connectivity index (χ3v) is 5.31. The zero-order valence-electron chi connectivity index (χ0n) is 12.2. The zero-order chi connectivity index (χ0) is 14.2. The summed E-state index contributed by atoms with van der Waals surface area (Å²) in [5, 5.41) is 0.477. The molecule has 1 saturated carbocycles. The van der Waals surface area contributed by atoms with Gasteiger partial charge < -0.3 is 4.74 Å². The third kappa shape index (κ3) is 4.55. The van der Waals surface area contributed by atoms with Gasteiger partial charge in [0, 0.05) is 5.25 Å². The molecule has 0 bridgehead atoms. The summed E-state index contributed by atoms with van der Waals surface area (Å²) < 4.78 is 5.81. The second-order valence-corrected chi connectivity index (χ2v) is 6.70. The fraction of sp³-hybridized carbons (Fsp3) is 0.588. The molecule has 0 saturated heterocycles. The lowest BCUT2D eigenvalue weighted by Gasteiger charge is -2.24. The summed E-state index contributed by atoms with van der Waals surface area (Å²) in [6, 6.07) is 9.34. The summed E-state index contributed by atoms with van der Waals surface area (Å²) in [5.41, 5.74) is 0.663. The predicted molar refractivity (Wildman–Crippen MR) is 85.3 cm³/mol. The minimum absolute atomic E-state index is 0.0850. The van der Waals surface area contributed by atoms with Gasteiger partial charge in [-0.15, -0.1) is 0 Å². The Labute approximate surface area is 126 Å². The highest BCUT2D eigenvalue weighted by Gasteiger charge is 2.27. The molecule has 0 aromatic heterocycles. The first-order valence-electron chi connectivity index (χ1n) is 7.69. The van der Waals surface area contributed by atoms with Gasteiger partial charge in [-0.1, -0.05) is 38.0 Å². The predicted octanol–water partition coefficient (Wildman–Crippen LogP) is 4.69. The summed E-state index contributed by atoms with van der Waals surface area (Å²) in [4.78, 5) is 12.2.